The summed E-state index contributed by atoms with van der Waals surface area (Å²) < 4.78 is 1.42. The van der Waals surface area contributed by atoms with Gasteiger partial charge in [0, 0.05) is 0 Å². The van der Waals surface area contributed by atoms with E-state index in [4.69, 9.17) is 0 Å². The topological polar surface area (TPSA) is 0 Å². The fourth-order valence-corrected chi connectivity index (χ4v) is 5.17. The van der Waals surface area contributed by atoms with E-state index in [-0.39, 0.29) is 24.8 Å². The van der Waals surface area contributed by atoms with Crippen LogP contribution in [0.2, 0.25) is 0 Å². The zero-order chi connectivity index (χ0) is 23.9. The second kappa shape index (κ2) is 14.4. The van der Waals surface area contributed by atoms with Crippen molar-refractivity contribution in [3.8, 4) is 11.1 Å². The molecule has 1 aliphatic carbocycles. The van der Waals surface area contributed by atoms with Gasteiger partial charge in [-0.1, -0.05) is 61.4 Å². The Balaban J connectivity index is 0.000000254. The Bertz CT molecular complexity index is 1310. The van der Waals surface area contributed by atoms with Gasteiger partial charge in [-0.2, -0.15) is 0 Å². The molecule has 180 valence electrons. The third kappa shape index (κ3) is 6.92. The molecular formula is C33H29Cl2Zr-. The SMILES string of the molecule is CC=CC=Cc1[c-]c2c(c(C)c1C)-c1ccccc1C2.[Cl-].[Cl-].[Zr+2]=[C](c1ccccc1)c1ccccc1. The van der Waals surface area contributed by atoms with Crippen molar-refractivity contribution in [1.29, 1.82) is 0 Å². The Kier molecular flexibility index (Phi) is 12.0. The van der Waals surface area contributed by atoms with Crippen molar-refractivity contribution in [2.24, 2.45) is 0 Å². The summed E-state index contributed by atoms with van der Waals surface area (Å²) in [7, 11) is 0. The van der Waals surface area contributed by atoms with Crippen molar-refractivity contribution >= 4 is 9.28 Å². The van der Waals surface area contributed by atoms with Gasteiger partial charge in [0.25, 0.3) is 0 Å². The number of hydrogen-bond acceptors (Lipinski definition) is 0. The first-order chi connectivity index (χ1) is 16.6. The molecular weight excluding hydrogens is 558 g/mol. The number of rotatable bonds is 4. The maximum atomic E-state index is 3.62. The van der Waals surface area contributed by atoms with Gasteiger partial charge in [-0.3, -0.25) is 0 Å². The third-order valence-corrected chi connectivity index (χ3v) is 7.69. The average molecular weight is 588 g/mol. The minimum absolute atomic E-state index is 0. The van der Waals surface area contributed by atoms with Crippen LogP contribution < -0.4 is 24.8 Å². The average Bonchev–Trinajstić information content (AvgIpc) is 3.26. The van der Waals surface area contributed by atoms with Crippen LogP contribution in [0.3, 0.4) is 0 Å². The van der Waals surface area contributed by atoms with Crippen LogP contribution in [0.5, 0.6) is 0 Å². The Labute approximate surface area is 243 Å². The molecule has 0 heterocycles. The molecule has 0 atom stereocenters. The van der Waals surface area contributed by atoms with Crippen LogP contribution in [0.4, 0.5) is 0 Å². The van der Waals surface area contributed by atoms with E-state index >= 15 is 0 Å². The van der Waals surface area contributed by atoms with Crippen molar-refractivity contribution < 1.29 is 49.0 Å². The van der Waals surface area contributed by atoms with Crippen molar-refractivity contribution in [2.45, 2.75) is 27.2 Å². The molecule has 0 unspecified atom stereocenters. The first-order valence-electron chi connectivity index (χ1n) is 11.7. The van der Waals surface area contributed by atoms with E-state index in [9.17, 15) is 0 Å². The second-order valence-electron chi connectivity index (χ2n) is 8.47. The van der Waals surface area contributed by atoms with Crippen LogP contribution in [0.25, 0.3) is 17.2 Å². The predicted molar refractivity (Wildman–Crippen MR) is 143 cm³/mol. The number of hydrogen-bond donors (Lipinski definition) is 0. The zero-order valence-electron chi connectivity index (χ0n) is 20.9. The fourth-order valence-electron chi connectivity index (χ4n) is 4.35. The molecule has 0 N–H and O–H groups in total. The van der Waals surface area contributed by atoms with Gasteiger partial charge in [0.15, 0.2) is 0 Å². The van der Waals surface area contributed by atoms with Crippen LogP contribution in [0, 0.1) is 19.9 Å². The van der Waals surface area contributed by atoms with Crippen LogP contribution in [-0.2, 0) is 30.7 Å². The van der Waals surface area contributed by atoms with E-state index in [2.05, 4.69) is 123 Å². The quantitative estimate of drug-likeness (QED) is 0.223. The van der Waals surface area contributed by atoms with E-state index in [1.807, 2.05) is 13.0 Å². The van der Waals surface area contributed by atoms with Gasteiger partial charge >= 0.3 is 99.2 Å². The van der Waals surface area contributed by atoms with Gasteiger partial charge in [0.05, 0.1) is 0 Å². The summed E-state index contributed by atoms with van der Waals surface area (Å²) in [6.07, 6.45) is 9.36. The summed E-state index contributed by atoms with van der Waals surface area (Å²) in [5, 5.41) is 0. The predicted octanol–water partition coefficient (Wildman–Crippen LogP) is 2.07. The van der Waals surface area contributed by atoms with Gasteiger partial charge in [-0.15, -0.1) is 40.5 Å². The Morgan fingerprint density at radius 2 is 1.31 bits per heavy atom. The molecule has 0 amide bonds. The van der Waals surface area contributed by atoms with E-state index in [0.29, 0.717) is 0 Å². The molecule has 4 aromatic rings. The van der Waals surface area contributed by atoms with Crippen molar-refractivity contribution in [3.63, 3.8) is 0 Å². The molecule has 4 aromatic carbocycles. The standard InChI is InChI=1S/C20H19.C13H10.2ClH.Zr/c1-4-5-6-9-16-12-18-13-17-10-7-8-11-19(17)20(18)15(3)14(16)2;1-3-7-12(8-4-1)11-13-9-5-2-6-10-13;;;/h4-11H,13H2,1-3H3;1-10H;2*1H;/q-1;;;;+2/p-2. The Morgan fingerprint density at radius 1 is 0.750 bits per heavy atom. The van der Waals surface area contributed by atoms with Crippen LogP contribution in [0.15, 0.2) is 103 Å². The third-order valence-electron chi connectivity index (χ3n) is 6.27. The first-order valence-corrected chi connectivity index (χ1v) is 13.0. The van der Waals surface area contributed by atoms with Crippen LogP contribution in [0.1, 0.15) is 45.9 Å². The Hall–Kier alpha value is -2.31. The van der Waals surface area contributed by atoms with Gasteiger partial charge in [-0.25, -0.2) is 0 Å². The summed E-state index contributed by atoms with van der Waals surface area (Å²) >= 11 is 1.46. The molecule has 0 bridgehead atoms. The molecule has 0 saturated heterocycles. The van der Waals surface area contributed by atoms with Crippen molar-refractivity contribution in [1.82, 2.24) is 0 Å². The first kappa shape index (κ1) is 29.9. The molecule has 5 rings (SSSR count). The van der Waals surface area contributed by atoms with E-state index < -0.39 is 0 Å². The number of benzene rings is 4. The summed E-state index contributed by atoms with van der Waals surface area (Å²) in [5.41, 5.74) is 12.2. The van der Waals surface area contributed by atoms with Gasteiger partial charge < -0.3 is 24.8 Å². The zero-order valence-corrected chi connectivity index (χ0v) is 24.8. The number of fused-ring (bicyclic) bond motifs is 3. The molecule has 3 heteroatoms. The number of allylic oxidation sites excluding steroid dienone is 3. The van der Waals surface area contributed by atoms with Gasteiger partial charge in [0.2, 0.25) is 0 Å². The van der Waals surface area contributed by atoms with E-state index in [0.717, 1.165) is 6.42 Å². The summed E-state index contributed by atoms with van der Waals surface area (Å²) in [6.45, 7) is 6.46. The molecule has 0 fully saturated rings. The van der Waals surface area contributed by atoms with E-state index in [1.165, 1.54) is 77.5 Å². The molecule has 0 aliphatic heterocycles. The van der Waals surface area contributed by atoms with Gasteiger partial charge in [0.1, 0.15) is 0 Å². The number of halogens is 2. The maximum absolute atomic E-state index is 3.62. The van der Waals surface area contributed by atoms with Crippen LogP contribution in [-0.4, -0.2) is 3.21 Å². The molecule has 0 nitrogen and oxygen atoms in total. The second-order valence-corrected chi connectivity index (χ2v) is 9.70. The molecule has 0 radical (unpaired) electrons. The van der Waals surface area contributed by atoms with Crippen molar-refractivity contribution in [3.05, 3.63) is 148 Å². The minimum atomic E-state index is 0. The molecule has 1 aliphatic rings. The molecule has 0 spiro atoms. The summed E-state index contributed by atoms with van der Waals surface area (Å²) in [4.78, 5) is 0. The summed E-state index contributed by atoms with van der Waals surface area (Å²) in [6, 6.07) is 33.4. The van der Waals surface area contributed by atoms with Gasteiger partial charge in [-0.05, 0) is 18.9 Å². The Morgan fingerprint density at radius 3 is 1.89 bits per heavy atom. The van der Waals surface area contributed by atoms with Crippen molar-refractivity contribution in [2.75, 3.05) is 0 Å². The molecule has 0 saturated carbocycles. The normalized spacial score (nSPS) is 11.1. The monoisotopic (exact) mass is 585 g/mol. The molecule has 0 aromatic heterocycles. The summed E-state index contributed by atoms with van der Waals surface area (Å²) in [5.74, 6) is 0. The van der Waals surface area contributed by atoms with Crippen LogP contribution >= 0.6 is 0 Å². The van der Waals surface area contributed by atoms with E-state index in [1.54, 1.807) is 0 Å². The molecule has 36 heavy (non-hydrogen) atoms. The fraction of sp³-hybridized carbons (Fsp3) is 0.121.